The van der Waals surface area contributed by atoms with Gasteiger partial charge in [-0.05, 0) is 47.0 Å². The van der Waals surface area contributed by atoms with Gasteiger partial charge in [-0.2, -0.15) is 0 Å². The molecule has 8 nitrogen and oxygen atoms in total. The van der Waals surface area contributed by atoms with Gasteiger partial charge < -0.3 is 10.2 Å². The molecule has 0 spiro atoms. The van der Waals surface area contributed by atoms with E-state index in [2.05, 4.69) is 20.1 Å². The molecule has 0 aliphatic carbocycles. The summed E-state index contributed by atoms with van der Waals surface area (Å²) in [5.74, 6) is -0.487. The van der Waals surface area contributed by atoms with Gasteiger partial charge in [-0.3, -0.25) is 19.0 Å². The number of aromatic nitrogens is 1. The first-order valence-electron chi connectivity index (χ1n) is 14.6. The number of carbonyl (C=O) groups excluding carboxylic acids is 1. The Labute approximate surface area is 268 Å². The minimum absolute atomic E-state index is 0.0121. The van der Waals surface area contributed by atoms with Crippen LogP contribution in [0.4, 0.5) is 11.4 Å². The molecule has 44 heavy (non-hydrogen) atoms. The molecule has 2 aliphatic heterocycles. The van der Waals surface area contributed by atoms with Crippen LogP contribution in [-0.2, 0) is 20.6 Å². The lowest BCUT2D eigenvalue weighted by Crippen LogP contribution is -2.48. The number of amides is 1. The molecule has 11 heteroatoms. The van der Waals surface area contributed by atoms with Gasteiger partial charge in [0.2, 0.25) is 15.9 Å². The van der Waals surface area contributed by atoms with E-state index in [4.69, 9.17) is 23.2 Å². The SMILES string of the molecule is O=C(CC1c2ccccc2-c2ccccc2N1S(=O)(=O)Cc1ccc(Cl)c(Cl)c1)NCCN1CCN(c2ccncc2)CC1. The topological polar surface area (TPSA) is 85.8 Å². The van der Waals surface area contributed by atoms with Crippen molar-refractivity contribution < 1.29 is 13.2 Å². The first-order chi connectivity index (χ1) is 21.3. The molecule has 0 saturated carbocycles. The summed E-state index contributed by atoms with van der Waals surface area (Å²) in [4.78, 5) is 22.2. The van der Waals surface area contributed by atoms with Crippen molar-refractivity contribution >= 4 is 50.5 Å². The maximum atomic E-state index is 14.2. The number of sulfonamides is 1. The molecular formula is C33H33Cl2N5O3S. The number of rotatable bonds is 9. The molecule has 0 radical (unpaired) electrons. The first kappa shape index (κ1) is 30.4. The van der Waals surface area contributed by atoms with E-state index in [1.54, 1.807) is 36.7 Å². The predicted octanol–water partition coefficient (Wildman–Crippen LogP) is 5.78. The number of nitrogens with zero attached hydrogens (tertiary/aromatic N) is 4. The molecule has 1 aromatic heterocycles. The average Bonchev–Trinajstić information content (AvgIpc) is 3.03. The Morgan fingerprint density at radius 1 is 0.864 bits per heavy atom. The number of piperazine rings is 1. The van der Waals surface area contributed by atoms with Gasteiger partial charge in [0.15, 0.2) is 0 Å². The summed E-state index contributed by atoms with van der Waals surface area (Å²) < 4.78 is 29.8. The number of para-hydroxylation sites is 1. The number of halogens is 2. The van der Waals surface area contributed by atoms with Gasteiger partial charge in [0.05, 0.1) is 33.9 Å². The molecule has 6 rings (SSSR count). The van der Waals surface area contributed by atoms with E-state index in [1.807, 2.05) is 54.6 Å². The van der Waals surface area contributed by atoms with Crippen molar-refractivity contribution in [1.29, 1.82) is 0 Å². The van der Waals surface area contributed by atoms with Gasteiger partial charge in [-0.25, -0.2) is 8.42 Å². The van der Waals surface area contributed by atoms with Gasteiger partial charge in [-0.1, -0.05) is 71.7 Å². The molecule has 228 valence electrons. The van der Waals surface area contributed by atoms with Gasteiger partial charge in [0, 0.05) is 62.9 Å². The van der Waals surface area contributed by atoms with Crippen LogP contribution in [0.3, 0.4) is 0 Å². The van der Waals surface area contributed by atoms with E-state index >= 15 is 0 Å². The number of carbonyl (C=O) groups is 1. The summed E-state index contributed by atoms with van der Waals surface area (Å²) in [5.41, 5.74) is 4.77. The number of benzene rings is 3. The summed E-state index contributed by atoms with van der Waals surface area (Å²) in [7, 11) is -3.95. The quantitative estimate of drug-likeness (QED) is 0.248. The van der Waals surface area contributed by atoms with E-state index in [9.17, 15) is 13.2 Å². The zero-order valence-electron chi connectivity index (χ0n) is 24.1. The van der Waals surface area contributed by atoms with E-state index in [0.29, 0.717) is 27.8 Å². The lowest BCUT2D eigenvalue weighted by atomic mass is 9.88. The fraction of sp³-hybridized carbons (Fsp3) is 0.273. The van der Waals surface area contributed by atoms with Crippen LogP contribution < -0.4 is 14.5 Å². The van der Waals surface area contributed by atoms with Crippen LogP contribution in [0.15, 0.2) is 91.3 Å². The zero-order valence-corrected chi connectivity index (χ0v) is 26.4. The van der Waals surface area contributed by atoms with Crippen LogP contribution in [0.1, 0.15) is 23.6 Å². The molecule has 1 atom stereocenters. The fourth-order valence-electron chi connectivity index (χ4n) is 6.05. The van der Waals surface area contributed by atoms with Crippen LogP contribution in [0.5, 0.6) is 0 Å². The summed E-state index contributed by atoms with van der Waals surface area (Å²) in [6, 6.07) is 23.3. The highest BCUT2D eigenvalue weighted by Crippen LogP contribution is 2.47. The summed E-state index contributed by atoms with van der Waals surface area (Å²) >= 11 is 12.3. The van der Waals surface area contributed by atoms with Crippen LogP contribution in [0.25, 0.3) is 11.1 Å². The highest BCUT2D eigenvalue weighted by atomic mass is 35.5. The maximum Gasteiger partial charge on any atom is 0.239 e. The van der Waals surface area contributed by atoms with E-state index < -0.39 is 16.1 Å². The summed E-state index contributed by atoms with van der Waals surface area (Å²) in [5, 5.41) is 3.70. The van der Waals surface area contributed by atoms with Crippen molar-refractivity contribution in [1.82, 2.24) is 15.2 Å². The van der Waals surface area contributed by atoms with Crippen molar-refractivity contribution in [2.24, 2.45) is 0 Å². The van der Waals surface area contributed by atoms with Gasteiger partial charge in [0.1, 0.15) is 0 Å². The van der Waals surface area contributed by atoms with E-state index in [1.165, 1.54) is 9.99 Å². The van der Waals surface area contributed by atoms with Crippen molar-refractivity contribution in [2.75, 3.05) is 48.5 Å². The number of hydrogen-bond donors (Lipinski definition) is 1. The normalized spacial score (nSPS) is 16.7. The summed E-state index contributed by atoms with van der Waals surface area (Å²) in [6.45, 7) is 4.80. The second-order valence-corrected chi connectivity index (χ2v) is 13.7. The molecule has 1 fully saturated rings. The monoisotopic (exact) mass is 649 g/mol. The first-order valence-corrected chi connectivity index (χ1v) is 16.9. The lowest BCUT2D eigenvalue weighted by Gasteiger charge is -2.39. The Morgan fingerprint density at radius 2 is 1.57 bits per heavy atom. The Hall–Kier alpha value is -3.63. The van der Waals surface area contributed by atoms with Gasteiger partial charge >= 0.3 is 0 Å². The lowest BCUT2D eigenvalue weighted by molar-refractivity contribution is -0.121. The number of pyridine rings is 1. The number of anilines is 2. The smallest absolute Gasteiger partial charge is 0.239 e. The molecule has 2 aliphatic rings. The van der Waals surface area contributed by atoms with Crippen LogP contribution in [0, 0.1) is 0 Å². The molecule has 3 heterocycles. The van der Waals surface area contributed by atoms with E-state index in [0.717, 1.165) is 49.4 Å². The average molecular weight is 651 g/mol. The third kappa shape index (κ3) is 6.56. The number of hydrogen-bond acceptors (Lipinski definition) is 6. The van der Waals surface area contributed by atoms with Crippen LogP contribution >= 0.6 is 23.2 Å². The minimum Gasteiger partial charge on any atom is -0.369 e. The van der Waals surface area contributed by atoms with Crippen LogP contribution in [0.2, 0.25) is 10.0 Å². The fourth-order valence-corrected chi connectivity index (χ4v) is 8.15. The minimum atomic E-state index is -3.95. The van der Waals surface area contributed by atoms with Gasteiger partial charge in [-0.15, -0.1) is 0 Å². The number of nitrogens with one attached hydrogen (secondary N) is 1. The highest BCUT2D eigenvalue weighted by molar-refractivity contribution is 7.92. The largest absolute Gasteiger partial charge is 0.369 e. The number of fused-ring (bicyclic) bond motifs is 3. The Balaban J connectivity index is 1.17. The van der Waals surface area contributed by atoms with Crippen molar-refractivity contribution in [3.05, 3.63) is 112 Å². The van der Waals surface area contributed by atoms with Crippen molar-refractivity contribution in [2.45, 2.75) is 18.2 Å². The Kier molecular flexibility index (Phi) is 9.09. The molecule has 3 aromatic carbocycles. The second kappa shape index (κ2) is 13.2. The molecule has 1 amide bonds. The van der Waals surface area contributed by atoms with Crippen molar-refractivity contribution in [3.63, 3.8) is 0 Å². The standard InChI is InChI=1S/C33H33Cl2N5O3S/c34-29-10-9-24(21-30(29)35)23-44(42,43)40-31-8-4-3-6-27(31)26-5-1-2-7-28(26)32(40)22-33(41)37-15-16-38-17-19-39(20-18-38)25-11-13-36-14-12-25/h1-14,21,32H,15-20,22-23H2,(H,37,41). The molecule has 0 bridgehead atoms. The van der Waals surface area contributed by atoms with Crippen molar-refractivity contribution in [3.8, 4) is 11.1 Å². The molecule has 1 N–H and O–H groups in total. The third-order valence-corrected chi connectivity index (χ3v) is 10.7. The molecule has 1 unspecified atom stereocenters. The second-order valence-electron chi connectivity index (χ2n) is 11.0. The highest BCUT2D eigenvalue weighted by Gasteiger charge is 2.39. The summed E-state index contributed by atoms with van der Waals surface area (Å²) in [6.07, 6.45) is 3.60. The zero-order chi connectivity index (χ0) is 30.7. The molecular weight excluding hydrogens is 617 g/mol. The maximum absolute atomic E-state index is 14.2. The van der Waals surface area contributed by atoms with Gasteiger partial charge in [0.25, 0.3) is 0 Å². The third-order valence-electron chi connectivity index (χ3n) is 8.20. The Morgan fingerprint density at radius 3 is 2.32 bits per heavy atom. The van der Waals surface area contributed by atoms with E-state index in [-0.39, 0.29) is 18.1 Å². The molecule has 1 saturated heterocycles. The molecule has 4 aromatic rings. The van der Waals surface area contributed by atoms with Crippen LogP contribution in [-0.4, -0.2) is 63.5 Å². The Bertz CT molecular complexity index is 1750. The predicted molar refractivity (Wildman–Crippen MR) is 177 cm³/mol.